The number of carbonyl (C=O) groups excluding carboxylic acids is 3. The van der Waals surface area contributed by atoms with Crippen molar-refractivity contribution in [1.29, 1.82) is 0 Å². The van der Waals surface area contributed by atoms with Gasteiger partial charge in [0.2, 0.25) is 11.8 Å². The Morgan fingerprint density at radius 2 is 1.04 bits per heavy atom. The molecule has 5 N–H and O–H groups in total. The Labute approximate surface area is 328 Å². The molecule has 0 radical (unpaired) electrons. The molecule has 57 heavy (non-hydrogen) atoms. The van der Waals surface area contributed by atoms with E-state index in [1.54, 1.807) is 20.8 Å². The molecule has 4 atom stereocenters. The quantitative estimate of drug-likeness (QED) is 0.126. The Morgan fingerprint density at radius 1 is 0.667 bits per heavy atom. The number of ketones is 1. The van der Waals surface area contributed by atoms with Crippen LogP contribution in [0.15, 0.2) is 24.3 Å². The Morgan fingerprint density at radius 3 is 1.44 bits per heavy atom. The number of ether oxygens (including phenoxy) is 4. The van der Waals surface area contributed by atoms with Crippen LogP contribution < -0.4 is 16.4 Å². The van der Waals surface area contributed by atoms with Gasteiger partial charge >= 0.3 is 5.97 Å². The summed E-state index contributed by atoms with van der Waals surface area (Å²) in [6.07, 6.45) is -1.38. The second-order valence-corrected chi connectivity index (χ2v) is 16.3. The van der Waals surface area contributed by atoms with E-state index < -0.39 is 87.0 Å². The van der Waals surface area contributed by atoms with Gasteiger partial charge in [-0.3, -0.25) is 14.4 Å². The van der Waals surface area contributed by atoms with Crippen molar-refractivity contribution < 1.29 is 69.6 Å². The summed E-state index contributed by atoms with van der Waals surface area (Å²) in [4.78, 5) is 47.0. The van der Waals surface area contributed by atoms with Gasteiger partial charge in [-0.15, -0.1) is 0 Å². The summed E-state index contributed by atoms with van der Waals surface area (Å²) < 4.78 is 99.6. The first-order valence-corrected chi connectivity index (χ1v) is 18.0. The number of halogens is 6. The van der Waals surface area contributed by atoms with Gasteiger partial charge < -0.3 is 40.4 Å². The second kappa shape index (κ2) is 19.6. The van der Waals surface area contributed by atoms with Crippen molar-refractivity contribution in [2.24, 2.45) is 22.5 Å². The van der Waals surface area contributed by atoms with E-state index in [1.807, 2.05) is 48.5 Å². The number of amides is 2. The first-order valence-electron chi connectivity index (χ1n) is 18.0. The fraction of sp³-hybridized carbons (Fsp3) is 0.590. The van der Waals surface area contributed by atoms with Crippen LogP contribution in [0.1, 0.15) is 96.4 Å². The molecule has 320 valence electrons. The van der Waals surface area contributed by atoms with E-state index in [4.69, 9.17) is 29.8 Å². The molecule has 0 aromatic heterocycles. The number of hydrogen-bond acceptors (Lipinski definition) is 9. The molecule has 18 heteroatoms. The number of carboxylic acids is 1. The molecule has 2 amide bonds. The molecule has 2 aromatic carbocycles. The van der Waals surface area contributed by atoms with Crippen LogP contribution in [0.3, 0.4) is 0 Å². The highest BCUT2D eigenvalue weighted by Crippen LogP contribution is 2.36. The number of nitrogens with one attached hydrogen (secondary N) is 2. The van der Waals surface area contributed by atoms with E-state index in [0.29, 0.717) is 38.0 Å². The van der Waals surface area contributed by atoms with E-state index in [2.05, 4.69) is 10.6 Å². The average Bonchev–Trinajstić information content (AvgIpc) is 3.08. The molecule has 2 fully saturated rings. The maximum Gasteiger partial charge on any atom is 0.338 e. The number of Topliss-reactive ketones (excluding diaryl/α,β-unsaturated/α-hetero) is 1. The summed E-state index contributed by atoms with van der Waals surface area (Å²) >= 11 is 0. The minimum Gasteiger partial charge on any atom is -0.478 e. The largest absolute Gasteiger partial charge is 0.478 e. The minimum absolute atomic E-state index is 0.0603. The van der Waals surface area contributed by atoms with Crippen LogP contribution in [-0.4, -0.2) is 84.8 Å². The number of carbonyl (C=O) groups is 4. The number of carboxylic acid groups (broad SMARTS) is 1. The number of aromatic carboxylic acids is 1. The van der Waals surface area contributed by atoms with Crippen LogP contribution in [0.25, 0.3) is 0 Å². The third kappa shape index (κ3) is 14.7. The summed E-state index contributed by atoms with van der Waals surface area (Å²) in [6, 6.07) is 1.33. The molecule has 4 rings (SSSR count). The van der Waals surface area contributed by atoms with Gasteiger partial charge in [-0.05, 0) is 52.7 Å². The molecular formula is C39H53F6N3O9. The molecule has 2 aromatic rings. The fourth-order valence-electron chi connectivity index (χ4n) is 5.29. The Hall–Kier alpha value is -4.10. The maximum atomic E-state index is 13.7. The summed E-state index contributed by atoms with van der Waals surface area (Å²) in [6.45, 7) is 19.7. The zero-order chi connectivity index (χ0) is 43.8. The van der Waals surface area contributed by atoms with Crippen molar-refractivity contribution in [1.82, 2.24) is 10.6 Å². The van der Waals surface area contributed by atoms with Gasteiger partial charge in [0.15, 0.2) is 40.6 Å². The van der Waals surface area contributed by atoms with Crippen molar-refractivity contribution in [3.05, 3.63) is 70.3 Å². The zero-order valence-corrected chi connectivity index (χ0v) is 33.7. The highest BCUT2D eigenvalue weighted by atomic mass is 19.2. The molecule has 2 heterocycles. The molecule has 2 aliphatic rings. The highest BCUT2D eigenvalue weighted by molar-refractivity contribution is 5.96. The van der Waals surface area contributed by atoms with Crippen LogP contribution in [0.4, 0.5) is 26.3 Å². The Balaban J connectivity index is 0.000000327. The molecule has 0 saturated carbocycles. The van der Waals surface area contributed by atoms with Gasteiger partial charge in [0.25, 0.3) is 0 Å². The smallest absolute Gasteiger partial charge is 0.338 e. The standard InChI is InChI=1S/C20H26F3NO4.C12H24N2O3.C7H3F3O2/c1-11(6-16(25)12-7-14(22)15(23)8-13(12)21)9-24-18(26)17-19(2,3)10-27-20(4,5)28-17;1-8(13)6-14-10(15)9-11(2,3)7-16-12(4,5)17-9;8-4-2-6(10)5(9)1-3(4)7(11)12/h7-8,11,17H,6,9-10H2,1-5H3,(H,24,26);8-9H,6-7,13H2,1-5H3,(H,14,15);1-2H,(H,11,12)/t11-,17+;8-,9-;/m01./s1. The molecule has 2 saturated heterocycles. The van der Waals surface area contributed by atoms with Gasteiger partial charge in [-0.2, -0.15) is 0 Å². The second-order valence-electron chi connectivity index (χ2n) is 16.3. The molecule has 0 aliphatic carbocycles. The topological polar surface area (TPSA) is 176 Å². The Bertz CT molecular complexity index is 1770. The monoisotopic (exact) mass is 821 g/mol. The lowest BCUT2D eigenvalue weighted by Gasteiger charge is -2.44. The molecular weight excluding hydrogens is 768 g/mol. The summed E-state index contributed by atoms with van der Waals surface area (Å²) in [5.74, 6) is -12.5. The van der Waals surface area contributed by atoms with Crippen molar-refractivity contribution in [3.63, 3.8) is 0 Å². The lowest BCUT2D eigenvalue weighted by molar-refractivity contribution is -0.304. The van der Waals surface area contributed by atoms with Crippen molar-refractivity contribution in [2.75, 3.05) is 26.3 Å². The van der Waals surface area contributed by atoms with E-state index in [-0.39, 0.29) is 48.2 Å². The van der Waals surface area contributed by atoms with Crippen molar-refractivity contribution >= 4 is 23.6 Å². The highest BCUT2D eigenvalue weighted by Gasteiger charge is 2.47. The average molecular weight is 822 g/mol. The van der Waals surface area contributed by atoms with Crippen molar-refractivity contribution in [3.8, 4) is 0 Å². The third-order valence-electron chi connectivity index (χ3n) is 8.59. The number of hydrogen-bond donors (Lipinski definition) is 4. The summed E-state index contributed by atoms with van der Waals surface area (Å²) in [5, 5.41) is 13.8. The van der Waals surface area contributed by atoms with Crippen LogP contribution in [0.2, 0.25) is 0 Å². The van der Waals surface area contributed by atoms with Crippen molar-refractivity contribution in [2.45, 2.75) is 105 Å². The minimum atomic E-state index is -1.63. The zero-order valence-electron chi connectivity index (χ0n) is 33.7. The van der Waals surface area contributed by atoms with Gasteiger partial charge in [0, 0.05) is 48.5 Å². The number of rotatable bonds is 10. The lowest BCUT2D eigenvalue weighted by Crippen LogP contribution is -2.57. The lowest BCUT2D eigenvalue weighted by atomic mass is 9.85. The third-order valence-corrected chi connectivity index (χ3v) is 8.59. The Kier molecular flexibility index (Phi) is 16.8. The molecule has 2 aliphatic heterocycles. The van der Waals surface area contributed by atoms with Crippen LogP contribution >= 0.6 is 0 Å². The van der Waals surface area contributed by atoms with Crippen LogP contribution in [0, 0.1) is 51.7 Å². The molecule has 12 nitrogen and oxygen atoms in total. The molecule has 0 bridgehead atoms. The van der Waals surface area contributed by atoms with Gasteiger partial charge in [-0.25, -0.2) is 31.1 Å². The van der Waals surface area contributed by atoms with E-state index in [0.717, 1.165) is 0 Å². The summed E-state index contributed by atoms with van der Waals surface area (Å²) in [5.41, 5.74) is 3.35. The predicted octanol–water partition coefficient (Wildman–Crippen LogP) is 6.04. The number of nitrogens with two attached hydrogens (primary N) is 1. The van der Waals surface area contributed by atoms with Gasteiger partial charge in [0.1, 0.15) is 23.8 Å². The van der Waals surface area contributed by atoms with E-state index >= 15 is 0 Å². The van der Waals surface area contributed by atoms with Gasteiger partial charge in [-0.1, -0.05) is 34.6 Å². The maximum absolute atomic E-state index is 13.7. The fourth-order valence-corrected chi connectivity index (χ4v) is 5.29. The SMILES string of the molecule is C[C@@H](N)CNC(=O)[C@H]1OC(C)(C)OCC1(C)C.C[C@H](CNC(=O)[C@H]1OC(C)(C)OCC1(C)C)CC(=O)c1cc(F)c(F)cc1F.O=C(O)c1cc(F)c(F)cc1F. The number of benzene rings is 2. The normalized spacial score (nSPS) is 21.3. The van der Waals surface area contributed by atoms with Crippen LogP contribution in [-0.2, 0) is 28.5 Å². The van der Waals surface area contributed by atoms with Crippen LogP contribution in [0.5, 0.6) is 0 Å². The first-order chi connectivity index (χ1) is 26.0. The van der Waals surface area contributed by atoms with Gasteiger partial charge in [0.05, 0.1) is 24.3 Å². The first kappa shape index (κ1) is 49.0. The van der Waals surface area contributed by atoms with E-state index in [9.17, 15) is 45.5 Å². The molecule has 0 spiro atoms. The predicted molar refractivity (Wildman–Crippen MR) is 195 cm³/mol. The summed E-state index contributed by atoms with van der Waals surface area (Å²) in [7, 11) is 0. The molecule has 0 unspecified atom stereocenters. The van der Waals surface area contributed by atoms with E-state index in [1.165, 1.54) is 0 Å².